The predicted molar refractivity (Wildman–Crippen MR) is 108 cm³/mol. The molecule has 0 spiro atoms. The highest BCUT2D eigenvalue weighted by molar-refractivity contribution is 7.99. The number of rotatable bonds is 5. The van der Waals surface area contributed by atoms with Crippen LogP contribution in [-0.2, 0) is 17.8 Å². The molecule has 28 heavy (non-hydrogen) atoms. The van der Waals surface area contributed by atoms with Gasteiger partial charge in [-0.3, -0.25) is 9.36 Å². The summed E-state index contributed by atoms with van der Waals surface area (Å²) in [5.41, 5.74) is 1.72. The van der Waals surface area contributed by atoms with Gasteiger partial charge >= 0.3 is 0 Å². The van der Waals surface area contributed by atoms with Crippen molar-refractivity contribution in [3.63, 3.8) is 0 Å². The van der Waals surface area contributed by atoms with E-state index in [1.807, 2.05) is 9.47 Å². The number of thiophene rings is 1. The molecule has 1 aliphatic carbocycles. The second kappa shape index (κ2) is 7.33. The lowest BCUT2D eigenvalue weighted by Crippen LogP contribution is -2.36. The molecule has 144 valence electrons. The van der Waals surface area contributed by atoms with Crippen LogP contribution in [0.25, 0.3) is 11.4 Å². The van der Waals surface area contributed by atoms with Gasteiger partial charge in [-0.05, 0) is 48.4 Å². The molecule has 1 amide bonds. The molecule has 1 saturated carbocycles. The van der Waals surface area contributed by atoms with E-state index in [-0.39, 0.29) is 11.7 Å². The Morgan fingerprint density at radius 3 is 2.93 bits per heavy atom. The first-order valence-corrected chi connectivity index (χ1v) is 11.2. The van der Waals surface area contributed by atoms with Crippen molar-refractivity contribution in [1.82, 2.24) is 19.7 Å². The summed E-state index contributed by atoms with van der Waals surface area (Å²) >= 11 is 3.17. The highest BCUT2D eigenvalue weighted by Gasteiger charge is 2.31. The first-order valence-electron chi connectivity index (χ1n) is 9.36. The number of hydrogen-bond donors (Lipinski definition) is 0. The van der Waals surface area contributed by atoms with E-state index in [0.29, 0.717) is 34.9 Å². The van der Waals surface area contributed by atoms with Crippen LogP contribution in [0.5, 0.6) is 0 Å². The maximum Gasteiger partial charge on any atom is 0.233 e. The van der Waals surface area contributed by atoms with Crippen LogP contribution in [0.1, 0.15) is 29.3 Å². The number of aromatic nitrogens is 3. The minimum Gasteiger partial charge on any atom is -0.337 e. The van der Waals surface area contributed by atoms with E-state index >= 15 is 0 Å². The first kappa shape index (κ1) is 17.9. The Labute approximate surface area is 170 Å². The molecule has 2 aliphatic rings. The molecule has 1 aliphatic heterocycles. The zero-order chi connectivity index (χ0) is 19.1. The average molecular weight is 415 g/mol. The van der Waals surface area contributed by atoms with Gasteiger partial charge in [0.25, 0.3) is 0 Å². The van der Waals surface area contributed by atoms with Crippen molar-refractivity contribution in [1.29, 1.82) is 0 Å². The topological polar surface area (TPSA) is 51.0 Å². The van der Waals surface area contributed by atoms with Crippen LogP contribution in [0.15, 0.2) is 40.9 Å². The molecule has 5 rings (SSSR count). The quantitative estimate of drug-likeness (QED) is 0.589. The van der Waals surface area contributed by atoms with Gasteiger partial charge in [-0.25, -0.2) is 4.39 Å². The van der Waals surface area contributed by atoms with E-state index in [0.717, 1.165) is 25.8 Å². The van der Waals surface area contributed by atoms with Gasteiger partial charge in [0, 0.05) is 24.0 Å². The third-order valence-electron chi connectivity index (χ3n) is 5.18. The molecular weight excluding hydrogens is 395 g/mol. The Kier molecular flexibility index (Phi) is 4.68. The Bertz CT molecular complexity index is 1030. The average Bonchev–Trinajstić information content (AvgIpc) is 3.28. The van der Waals surface area contributed by atoms with Crippen LogP contribution in [0.2, 0.25) is 0 Å². The van der Waals surface area contributed by atoms with Crippen molar-refractivity contribution in [2.24, 2.45) is 0 Å². The Morgan fingerprint density at radius 1 is 1.25 bits per heavy atom. The van der Waals surface area contributed by atoms with E-state index in [1.54, 1.807) is 29.5 Å². The lowest BCUT2D eigenvalue weighted by Gasteiger charge is -2.26. The monoisotopic (exact) mass is 414 g/mol. The molecule has 3 aromatic rings. The van der Waals surface area contributed by atoms with E-state index in [4.69, 9.17) is 0 Å². The van der Waals surface area contributed by atoms with E-state index in [1.165, 1.54) is 28.3 Å². The van der Waals surface area contributed by atoms with Gasteiger partial charge in [0.05, 0.1) is 11.3 Å². The summed E-state index contributed by atoms with van der Waals surface area (Å²) in [5.74, 6) is 0.682. The van der Waals surface area contributed by atoms with Crippen LogP contribution in [0.3, 0.4) is 0 Å². The molecule has 1 fully saturated rings. The third kappa shape index (κ3) is 3.35. The number of hydrogen-bond acceptors (Lipinski definition) is 5. The van der Waals surface area contributed by atoms with Crippen molar-refractivity contribution in [3.05, 3.63) is 52.0 Å². The molecule has 0 atom stereocenters. The van der Waals surface area contributed by atoms with Gasteiger partial charge in [-0.1, -0.05) is 23.9 Å². The molecule has 0 N–H and O–H groups in total. The lowest BCUT2D eigenvalue weighted by atomic mass is 10.1. The number of halogens is 1. The molecule has 0 unspecified atom stereocenters. The van der Waals surface area contributed by atoms with E-state index < -0.39 is 0 Å². The predicted octanol–water partition coefficient (Wildman–Crippen LogP) is 4.16. The molecule has 0 radical (unpaired) electrons. The summed E-state index contributed by atoms with van der Waals surface area (Å²) in [4.78, 5) is 16.0. The van der Waals surface area contributed by atoms with Crippen LogP contribution in [0, 0.1) is 5.82 Å². The standard InChI is InChI=1S/C20H19FN4OS2/c21-16-4-2-1-3-15(16)19-22-23-20(25(19)14-5-6-14)28-12-18(26)24-9-7-17-13(11-24)8-10-27-17/h1-4,8,10,14H,5-7,9,11-12H2. The minimum atomic E-state index is -0.302. The highest BCUT2D eigenvalue weighted by atomic mass is 32.2. The summed E-state index contributed by atoms with van der Waals surface area (Å²) in [6.45, 7) is 1.46. The molecule has 5 nitrogen and oxygen atoms in total. The largest absolute Gasteiger partial charge is 0.337 e. The number of thioether (sulfide) groups is 1. The SMILES string of the molecule is O=C(CSc1nnc(-c2ccccc2F)n1C1CC1)N1CCc2sccc2C1. The summed E-state index contributed by atoms with van der Waals surface area (Å²) in [5, 5.41) is 11.3. The van der Waals surface area contributed by atoms with E-state index in [9.17, 15) is 9.18 Å². The fourth-order valence-corrected chi connectivity index (χ4v) is 5.34. The fourth-order valence-electron chi connectivity index (χ4n) is 3.54. The zero-order valence-corrected chi connectivity index (χ0v) is 16.8. The Balaban J connectivity index is 1.32. The van der Waals surface area contributed by atoms with Gasteiger partial charge < -0.3 is 4.90 Å². The Morgan fingerprint density at radius 2 is 2.11 bits per heavy atom. The summed E-state index contributed by atoms with van der Waals surface area (Å²) < 4.78 is 16.3. The maximum absolute atomic E-state index is 14.3. The summed E-state index contributed by atoms with van der Waals surface area (Å²) in [6.07, 6.45) is 3.00. The summed E-state index contributed by atoms with van der Waals surface area (Å²) in [6, 6.07) is 9.04. The van der Waals surface area contributed by atoms with Gasteiger partial charge in [-0.2, -0.15) is 0 Å². The Hall–Kier alpha value is -2.19. The zero-order valence-electron chi connectivity index (χ0n) is 15.2. The maximum atomic E-state index is 14.3. The minimum absolute atomic E-state index is 0.111. The van der Waals surface area contributed by atoms with E-state index in [2.05, 4.69) is 21.6 Å². The number of carbonyl (C=O) groups excluding carboxylic acids is 1. The van der Waals surface area contributed by atoms with Gasteiger partial charge in [-0.15, -0.1) is 21.5 Å². The van der Waals surface area contributed by atoms with Crippen LogP contribution in [-0.4, -0.2) is 37.9 Å². The van der Waals surface area contributed by atoms with Crippen molar-refractivity contribution in [2.75, 3.05) is 12.3 Å². The van der Waals surface area contributed by atoms with Gasteiger partial charge in [0.2, 0.25) is 5.91 Å². The molecular formula is C20H19FN4OS2. The second-order valence-electron chi connectivity index (χ2n) is 7.11. The molecule has 8 heteroatoms. The molecule has 2 aromatic heterocycles. The van der Waals surface area contributed by atoms with Gasteiger partial charge in [0.1, 0.15) is 5.82 Å². The second-order valence-corrected chi connectivity index (χ2v) is 9.05. The van der Waals surface area contributed by atoms with Crippen molar-refractivity contribution < 1.29 is 9.18 Å². The summed E-state index contributed by atoms with van der Waals surface area (Å²) in [7, 11) is 0. The molecule has 1 aromatic carbocycles. The number of carbonyl (C=O) groups is 1. The molecule has 0 saturated heterocycles. The first-order chi connectivity index (χ1) is 13.7. The van der Waals surface area contributed by atoms with Crippen LogP contribution in [0.4, 0.5) is 4.39 Å². The van der Waals surface area contributed by atoms with Crippen molar-refractivity contribution >= 4 is 29.0 Å². The third-order valence-corrected chi connectivity index (χ3v) is 7.13. The van der Waals surface area contributed by atoms with Gasteiger partial charge in [0.15, 0.2) is 11.0 Å². The number of amides is 1. The lowest BCUT2D eigenvalue weighted by molar-refractivity contribution is -0.129. The smallest absolute Gasteiger partial charge is 0.233 e. The van der Waals surface area contributed by atoms with Crippen LogP contribution >= 0.6 is 23.1 Å². The fraction of sp³-hybridized carbons (Fsp3) is 0.350. The molecule has 0 bridgehead atoms. The van der Waals surface area contributed by atoms with Crippen molar-refractivity contribution in [2.45, 2.75) is 37.0 Å². The number of fused-ring (bicyclic) bond motifs is 1. The number of benzene rings is 1. The number of nitrogens with zero attached hydrogens (tertiary/aromatic N) is 4. The normalized spacial score (nSPS) is 16.2. The van der Waals surface area contributed by atoms with Crippen molar-refractivity contribution in [3.8, 4) is 11.4 Å². The van der Waals surface area contributed by atoms with Crippen LogP contribution < -0.4 is 0 Å². The highest BCUT2D eigenvalue weighted by Crippen LogP contribution is 2.41. The molecule has 3 heterocycles.